The van der Waals surface area contributed by atoms with E-state index >= 15 is 0 Å². The van der Waals surface area contributed by atoms with Crippen LogP contribution in [0.5, 0.6) is 11.5 Å². The summed E-state index contributed by atoms with van der Waals surface area (Å²) in [6.07, 6.45) is 2.65. The predicted octanol–water partition coefficient (Wildman–Crippen LogP) is 4.62. The van der Waals surface area contributed by atoms with Crippen molar-refractivity contribution in [1.82, 2.24) is 19.8 Å². The van der Waals surface area contributed by atoms with Gasteiger partial charge in [-0.25, -0.2) is 4.98 Å². The second-order valence-electron chi connectivity index (χ2n) is 10.2. The van der Waals surface area contributed by atoms with Gasteiger partial charge in [0.1, 0.15) is 30.3 Å². The van der Waals surface area contributed by atoms with Gasteiger partial charge in [-0.2, -0.15) is 4.98 Å². The number of amides is 1. The average molecular weight is 614 g/mol. The van der Waals surface area contributed by atoms with E-state index in [2.05, 4.69) is 49.3 Å². The van der Waals surface area contributed by atoms with E-state index in [0.717, 1.165) is 32.7 Å². The molecule has 1 aromatic heterocycles. The highest BCUT2D eigenvalue weighted by Gasteiger charge is 2.19. The van der Waals surface area contributed by atoms with E-state index in [1.807, 2.05) is 24.3 Å². The molecule has 11 nitrogen and oxygen atoms in total. The van der Waals surface area contributed by atoms with Crippen LogP contribution in [0, 0.1) is 0 Å². The number of methoxy groups -OCH3 is 1. The van der Waals surface area contributed by atoms with Crippen molar-refractivity contribution in [1.29, 1.82) is 0 Å². The lowest BCUT2D eigenvalue weighted by Gasteiger charge is -2.32. The summed E-state index contributed by atoms with van der Waals surface area (Å²) in [5.41, 5.74) is 1.57. The van der Waals surface area contributed by atoms with Crippen LogP contribution in [0.3, 0.4) is 0 Å². The van der Waals surface area contributed by atoms with Gasteiger partial charge in [-0.3, -0.25) is 9.69 Å². The molecule has 1 fully saturated rings. The molecule has 1 aliphatic heterocycles. The molecule has 0 atom stereocenters. The summed E-state index contributed by atoms with van der Waals surface area (Å²) < 4.78 is 24.6. The number of likely N-dealkylation sites (N-methyl/N-ethyl adjacent to an activating group) is 1. The van der Waals surface area contributed by atoms with Crippen molar-refractivity contribution in [2.75, 3.05) is 82.8 Å². The fourth-order valence-electron chi connectivity index (χ4n) is 4.40. The number of hydrogen-bond acceptors (Lipinski definition) is 10. The maximum absolute atomic E-state index is 12.8. The van der Waals surface area contributed by atoms with E-state index in [-0.39, 0.29) is 16.9 Å². The van der Waals surface area contributed by atoms with Crippen LogP contribution in [0.4, 0.5) is 28.8 Å². The number of carbonyl (C=O) groups excluding carboxylic acids is 1. The highest BCUT2D eigenvalue weighted by molar-refractivity contribution is 7.70. The minimum Gasteiger partial charge on any atom is -0.494 e. The third-order valence-corrected chi connectivity index (χ3v) is 8.56. The number of ether oxygens (including phenoxy) is 2. The Bertz CT molecular complexity index is 1470. The molecule has 0 bridgehead atoms. The Kier molecular flexibility index (Phi) is 10.5. The van der Waals surface area contributed by atoms with Gasteiger partial charge in [-0.05, 0) is 44.7 Å². The van der Waals surface area contributed by atoms with Crippen molar-refractivity contribution in [2.45, 2.75) is 0 Å². The minimum atomic E-state index is -2.57. The standard InChI is InChI=1S/C29H37ClN7O4P/c1-6-27(38)32-23-17-22(24(40-3)18-25(23)41-16-15-37-13-11-36(2)12-14-37)34-29-31-19-20(30)28(35-29)33-21-9-7-8-10-26(21)42(4,5)39/h6-10,17-19H,1,11-16H2,2-5H3,(H,32,38)(H2,31,33,34,35). The molecule has 1 aliphatic rings. The Morgan fingerprint density at radius 3 is 2.52 bits per heavy atom. The molecule has 3 N–H and O–H groups in total. The molecule has 42 heavy (non-hydrogen) atoms. The first-order valence-corrected chi connectivity index (χ1v) is 16.5. The Morgan fingerprint density at radius 2 is 1.83 bits per heavy atom. The van der Waals surface area contributed by atoms with E-state index in [0.29, 0.717) is 46.3 Å². The molecule has 2 heterocycles. The zero-order valence-electron chi connectivity index (χ0n) is 24.3. The number of para-hydroxylation sites is 1. The Labute approximate surface area is 251 Å². The molecule has 0 saturated carbocycles. The maximum atomic E-state index is 12.8. The van der Waals surface area contributed by atoms with Crippen LogP contribution in [-0.4, -0.2) is 92.5 Å². The molecule has 0 radical (unpaired) electrons. The monoisotopic (exact) mass is 613 g/mol. The number of hydrogen-bond donors (Lipinski definition) is 3. The zero-order chi connectivity index (χ0) is 30.3. The van der Waals surface area contributed by atoms with E-state index in [1.54, 1.807) is 25.5 Å². The van der Waals surface area contributed by atoms with Gasteiger partial charge in [0.15, 0.2) is 5.82 Å². The molecule has 1 saturated heterocycles. The number of rotatable bonds is 12. The first-order valence-electron chi connectivity index (χ1n) is 13.5. The first-order chi connectivity index (χ1) is 20.1. The SMILES string of the molecule is C=CC(=O)Nc1cc(Nc2ncc(Cl)c(Nc3ccccc3P(C)(C)=O)n2)c(OC)cc1OCCN1CCN(C)CC1. The second kappa shape index (κ2) is 14.0. The fourth-order valence-corrected chi connectivity index (χ4v) is 5.69. The van der Waals surface area contributed by atoms with Crippen LogP contribution in [0.1, 0.15) is 0 Å². The molecule has 224 valence electrons. The van der Waals surface area contributed by atoms with Gasteiger partial charge < -0.3 is 34.9 Å². The molecular weight excluding hydrogens is 577 g/mol. The largest absolute Gasteiger partial charge is 0.494 e. The van der Waals surface area contributed by atoms with Gasteiger partial charge in [0.2, 0.25) is 11.9 Å². The lowest BCUT2D eigenvalue weighted by Crippen LogP contribution is -2.45. The summed E-state index contributed by atoms with van der Waals surface area (Å²) in [5.74, 6) is 1.09. The summed E-state index contributed by atoms with van der Waals surface area (Å²) in [6.45, 7) is 12.2. The second-order valence-corrected chi connectivity index (χ2v) is 13.8. The Balaban J connectivity index is 1.57. The maximum Gasteiger partial charge on any atom is 0.247 e. The number of anilines is 5. The molecule has 0 aliphatic carbocycles. The average Bonchev–Trinajstić information content (AvgIpc) is 2.96. The van der Waals surface area contributed by atoms with Crippen LogP contribution in [0.15, 0.2) is 55.3 Å². The minimum absolute atomic E-state index is 0.221. The lowest BCUT2D eigenvalue weighted by molar-refractivity contribution is -0.111. The van der Waals surface area contributed by atoms with Gasteiger partial charge in [0, 0.05) is 44.1 Å². The molecule has 3 aromatic rings. The molecular formula is C29H37ClN7O4P. The highest BCUT2D eigenvalue weighted by Crippen LogP contribution is 2.40. The van der Waals surface area contributed by atoms with Crippen LogP contribution in [0.2, 0.25) is 5.02 Å². The number of benzene rings is 2. The van der Waals surface area contributed by atoms with Crippen molar-refractivity contribution in [3.05, 3.63) is 60.3 Å². The smallest absolute Gasteiger partial charge is 0.247 e. The van der Waals surface area contributed by atoms with Crippen LogP contribution < -0.4 is 30.7 Å². The number of carbonyl (C=O) groups is 1. The quantitative estimate of drug-likeness (QED) is 0.197. The number of nitrogens with one attached hydrogen (secondary N) is 3. The number of nitrogens with zero attached hydrogens (tertiary/aromatic N) is 4. The Morgan fingerprint density at radius 1 is 1.10 bits per heavy atom. The summed E-state index contributed by atoms with van der Waals surface area (Å²) in [7, 11) is 1.09. The predicted molar refractivity (Wildman–Crippen MR) is 170 cm³/mol. The first kappa shape index (κ1) is 31.3. The number of halogens is 1. The summed E-state index contributed by atoms with van der Waals surface area (Å²) in [6, 6.07) is 10.7. The van der Waals surface area contributed by atoms with E-state index in [1.165, 1.54) is 19.4 Å². The van der Waals surface area contributed by atoms with E-state index in [9.17, 15) is 9.36 Å². The summed E-state index contributed by atoms with van der Waals surface area (Å²) >= 11 is 6.42. The van der Waals surface area contributed by atoms with Crippen molar-refractivity contribution in [2.24, 2.45) is 0 Å². The Hall–Kier alpha value is -3.63. The van der Waals surface area contributed by atoms with Gasteiger partial charge in [0.25, 0.3) is 0 Å². The van der Waals surface area contributed by atoms with Crippen molar-refractivity contribution >= 4 is 58.8 Å². The van der Waals surface area contributed by atoms with Gasteiger partial charge in [-0.15, -0.1) is 0 Å². The molecule has 2 aromatic carbocycles. The van der Waals surface area contributed by atoms with Crippen molar-refractivity contribution in [3.8, 4) is 11.5 Å². The number of aromatic nitrogens is 2. The fraction of sp³-hybridized carbons (Fsp3) is 0.345. The van der Waals surface area contributed by atoms with Crippen molar-refractivity contribution < 1.29 is 18.8 Å². The van der Waals surface area contributed by atoms with Gasteiger partial charge in [-0.1, -0.05) is 30.3 Å². The van der Waals surface area contributed by atoms with Crippen LogP contribution >= 0.6 is 18.7 Å². The van der Waals surface area contributed by atoms with E-state index < -0.39 is 7.14 Å². The van der Waals surface area contributed by atoms with Gasteiger partial charge in [0.05, 0.1) is 30.4 Å². The van der Waals surface area contributed by atoms with Crippen LogP contribution in [0.25, 0.3) is 0 Å². The zero-order valence-corrected chi connectivity index (χ0v) is 26.0. The van der Waals surface area contributed by atoms with Gasteiger partial charge >= 0.3 is 0 Å². The molecule has 1 amide bonds. The van der Waals surface area contributed by atoms with E-state index in [4.69, 9.17) is 21.1 Å². The van der Waals surface area contributed by atoms with Crippen LogP contribution in [-0.2, 0) is 9.36 Å². The summed E-state index contributed by atoms with van der Waals surface area (Å²) in [5, 5.41) is 10.1. The number of piperazine rings is 1. The normalized spacial score (nSPS) is 14.2. The molecule has 4 rings (SSSR count). The summed E-state index contributed by atoms with van der Waals surface area (Å²) in [4.78, 5) is 25.7. The van der Waals surface area contributed by atoms with Crippen molar-refractivity contribution in [3.63, 3.8) is 0 Å². The molecule has 0 unspecified atom stereocenters. The highest BCUT2D eigenvalue weighted by atomic mass is 35.5. The molecule has 0 spiro atoms. The lowest BCUT2D eigenvalue weighted by atomic mass is 10.2. The third-order valence-electron chi connectivity index (χ3n) is 6.73. The third kappa shape index (κ3) is 8.23. The molecule has 13 heteroatoms. The topological polar surface area (TPSA) is 121 Å².